The lowest BCUT2D eigenvalue weighted by Crippen LogP contribution is -2.21. The van der Waals surface area contributed by atoms with Crippen molar-refractivity contribution in [3.63, 3.8) is 0 Å². The summed E-state index contributed by atoms with van der Waals surface area (Å²) in [6, 6.07) is 5.02. The summed E-state index contributed by atoms with van der Waals surface area (Å²) in [5.41, 5.74) is 0.167. The number of hydrogen-bond donors (Lipinski definition) is 4. The second-order valence-corrected chi connectivity index (χ2v) is 4.65. The maximum absolute atomic E-state index is 10.3. The summed E-state index contributed by atoms with van der Waals surface area (Å²) in [7, 11) is 0. The molecule has 0 radical (unpaired) electrons. The smallest absolute Gasteiger partial charge is 0.335 e. The van der Waals surface area contributed by atoms with Crippen LogP contribution in [0.1, 0.15) is 46.4 Å². The van der Waals surface area contributed by atoms with Gasteiger partial charge in [-0.3, -0.25) is 0 Å². The van der Waals surface area contributed by atoms with E-state index in [4.69, 9.17) is 20.4 Å². The molecule has 0 heterocycles. The molecule has 0 amide bonds. The average molecular weight is 282 g/mol. The van der Waals surface area contributed by atoms with Gasteiger partial charge in [-0.05, 0) is 49.9 Å². The molecule has 2 rings (SSSR count). The molecule has 1 saturated carbocycles. The van der Waals surface area contributed by atoms with Crippen molar-refractivity contribution in [2.75, 3.05) is 0 Å². The number of rotatable bonds is 2. The van der Waals surface area contributed by atoms with E-state index in [1.165, 1.54) is 24.3 Å². The van der Waals surface area contributed by atoms with Crippen molar-refractivity contribution in [2.45, 2.75) is 37.9 Å². The van der Waals surface area contributed by atoms with Gasteiger partial charge in [-0.25, -0.2) is 9.59 Å². The van der Waals surface area contributed by atoms with Crippen molar-refractivity contribution in [3.8, 4) is 0 Å². The predicted octanol–water partition coefficient (Wildman–Crippen LogP) is 1.37. The fraction of sp³-hybridized carbons (Fsp3) is 0.429. The van der Waals surface area contributed by atoms with Crippen LogP contribution in [-0.4, -0.2) is 44.6 Å². The Balaban J connectivity index is 0.000000217. The lowest BCUT2D eigenvalue weighted by atomic mass is 9.95. The molecule has 0 atom stereocenters. The Kier molecular flexibility index (Phi) is 6.14. The van der Waals surface area contributed by atoms with Crippen LogP contribution in [0.5, 0.6) is 0 Å². The Morgan fingerprint density at radius 1 is 0.750 bits per heavy atom. The van der Waals surface area contributed by atoms with Gasteiger partial charge < -0.3 is 20.4 Å². The third kappa shape index (κ3) is 5.38. The number of carbonyl (C=O) groups is 2. The molecule has 0 bridgehead atoms. The third-order valence-electron chi connectivity index (χ3n) is 3.05. The standard InChI is InChI=1S/C8H6O4.C6H12O2/c9-7(10)5-1-2-6(4-3-5)8(11)12;7-5-1-2-6(8)4-3-5/h1-4H,(H,9,10)(H,11,12);5-8H,1-4H2. The second kappa shape index (κ2) is 7.62. The summed E-state index contributed by atoms with van der Waals surface area (Å²) in [6.45, 7) is 0. The van der Waals surface area contributed by atoms with E-state index in [9.17, 15) is 9.59 Å². The van der Waals surface area contributed by atoms with Crippen molar-refractivity contribution in [1.82, 2.24) is 0 Å². The first-order chi connectivity index (χ1) is 9.40. The van der Waals surface area contributed by atoms with Gasteiger partial charge in [0.05, 0.1) is 23.3 Å². The fourth-order valence-electron chi connectivity index (χ4n) is 1.81. The molecule has 0 aromatic heterocycles. The summed E-state index contributed by atoms with van der Waals surface area (Å²) in [6.07, 6.45) is 2.83. The van der Waals surface area contributed by atoms with Crippen molar-refractivity contribution in [1.29, 1.82) is 0 Å². The highest BCUT2D eigenvalue weighted by Crippen LogP contribution is 2.17. The Hall–Kier alpha value is -1.92. The Morgan fingerprint density at radius 3 is 1.20 bits per heavy atom. The number of carboxylic acid groups (broad SMARTS) is 2. The normalized spacial score (nSPS) is 21.5. The largest absolute Gasteiger partial charge is 0.478 e. The Morgan fingerprint density at radius 2 is 1.00 bits per heavy atom. The van der Waals surface area contributed by atoms with E-state index in [0.29, 0.717) is 0 Å². The van der Waals surface area contributed by atoms with Crippen LogP contribution in [0.2, 0.25) is 0 Å². The zero-order valence-corrected chi connectivity index (χ0v) is 10.9. The van der Waals surface area contributed by atoms with Gasteiger partial charge in [0, 0.05) is 0 Å². The van der Waals surface area contributed by atoms with E-state index in [2.05, 4.69) is 0 Å². The van der Waals surface area contributed by atoms with E-state index in [-0.39, 0.29) is 23.3 Å². The number of hydrogen-bond acceptors (Lipinski definition) is 4. The van der Waals surface area contributed by atoms with Crippen LogP contribution in [0.3, 0.4) is 0 Å². The van der Waals surface area contributed by atoms with Crippen LogP contribution in [0.25, 0.3) is 0 Å². The highest BCUT2D eigenvalue weighted by molar-refractivity contribution is 5.91. The molecule has 1 aromatic carbocycles. The number of carboxylic acids is 2. The molecule has 1 aliphatic carbocycles. The molecule has 110 valence electrons. The summed E-state index contributed by atoms with van der Waals surface area (Å²) in [5.74, 6) is -2.13. The van der Waals surface area contributed by atoms with E-state index in [1.54, 1.807) is 0 Å². The fourth-order valence-corrected chi connectivity index (χ4v) is 1.81. The predicted molar refractivity (Wildman–Crippen MR) is 70.8 cm³/mol. The van der Waals surface area contributed by atoms with Crippen LogP contribution < -0.4 is 0 Å². The molecule has 0 saturated heterocycles. The highest BCUT2D eigenvalue weighted by atomic mass is 16.4. The lowest BCUT2D eigenvalue weighted by Gasteiger charge is -2.20. The molecule has 0 unspecified atom stereocenters. The monoisotopic (exact) mass is 282 g/mol. The van der Waals surface area contributed by atoms with Crippen LogP contribution in [0.4, 0.5) is 0 Å². The molecule has 6 heteroatoms. The zero-order chi connectivity index (χ0) is 15.1. The molecule has 1 aliphatic rings. The van der Waals surface area contributed by atoms with Crippen molar-refractivity contribution in [2.24, 2.45) is 0 Å². The van der Waals surface area contributed by atoms with E-state index in [1.807, 2.05) is 0 Å². The molecule has 20 heavy (non-hydrogen) atoms. The first-order valence-corrected chi connectivity index (χ1v) is 6.33. The van der Waals surface area contributed by atoms with Crippen LogP contribution in [0, 0.1) is 0 Å². The van der Waals surface area contributed by atoms with Gasteiger partial charge in [-0.1, -0.05) is 0 Å². The van der Waals surface area contributed by atoms with Crippen molar-refractivity contribution >= 4 is 11.9 Å². The minimum Gasteiger partial charge on any atom is -0.478 e. The van der Waals surface area contributed by atoms with Gasteiger partial charge in [-0.2, -0.15) is 0 Å². The highest BCUT2D eigenvalue weighted by Gasteiger charge is 2.15. The molecule has 1 fully saturated rings. The molecular formula is C14H18O6. The maximum atomic E-state index is 10.3. The summed E-state index contributed by atoms with van der Waals surface area (Å²) >= 11 is 0. The summed E-state index contributed by atoms with van der Waals surface area (Å²) in [4.78, 5) is 20.7. The minimum absolute atomic E-state index is 0.0833. The van der Waals surface area contributed by atoms with Crippen molar-refractivity contribution < 1.29 is 30.0 Å². The SMILES string of the molecule is O=C(O)c1ccc(C(=O)O)cc1.OC1CCC(O)CC1. The van der Waals surface area contributed by atoms with E-state index >= 15 is 0 Å². The molecule has 0 spiro atoms. The van der Waals surface area contributed by atoms with Crippen LogP contribution in [-0.2, 0) is 0 Å². The first kappa shape index (κ1) is 16.1. The molecule has 0 aliphatic heterocycles. The number of aliphatic hydroxyl groups excluding tert-OH is 2. The third-order valence-corrected chi connectivity index (χ3v) is 3.05. The second-order valence-electron chi connectivity index (χ2n) is 4.65. The Bertz CT molecular complexity index is 402. The first-order valence-electron chi connectivity index (χ1n) is 6.33. The Labute approximate surface area is 116 Å². The zero-order valence-electron chi connectivity index (χ0n) is 10.9. The van der Waals surface area contributed by atoms with Gasteiger partial charge in [0.1, 0.15) is 0 Å². The summed E-state index contributed by atoms with van der Waals surface area (Å²) in [5, 5.41) is 34.8. The average Bonchev–Trinajstić information content (AvgIpc) is 2.43. The molecule has 1 aromatic rings. The van der Waals surface area contributed by atoms with E-state index in [0.717, 1.165) is 25.7 Å². The van der Waals surface area contributed by atoms with Gasteiger partial charge in [0.25, 0.3) is 0 Å². The summed E-state index contributed by atoms with van der Waals surface area (Å²) < 4.78 is 0. The van der Waals surface area contributed by atoms with Crippen LogP contribution >= 0.6 is 0 Å². The lowest BCUT2D eigenvalue weighted by molar-refractivity contribution is 0.0541. The van der Waals surface area contributed by atoms with Crippen molar-refractivity contribution in [3.05, 3.63) is 35.4 Å². The topological polar surface area (TPSA) is 115 Å². The molecule has 6 nitrogen and oxygen atoms in total. The molecule has 4 N–H and O–H groups in total. The van der Waals surface area contributed by atoms with Gasteiger partial charge >= 0.3 is 11.9 Å². The minimum atomic E-state index is -1.06. The number of benzene rings is 1. The maximum Gasteiger partial charge on any atom is 0.335 e. The van der Waals surface area contributed by atoms with Crippen LogP contribution in [0.15, 0.2) is 24.3 Å². The van der Waals surface area contributed by atoms with Gasteiger partial charge in [0.15, 0.2) is 0 Å². The number of aromatic carboxylic acids is 2. The van der Waals surface area contributed by atoms with E-state index < -0.39 is 11.9 Å². The van der Waals surface area contributed by atoms with Gasteiger partial charge in [-0.15, -0.1) is 0 Å². The molecular weight excluding hydrogens is 264 g/mol. The number of aliphatic hydroxyl groups is 2. The van der Waals surface area contributed by atoms with Gasteiger partial charge in [0.2, 0.25) is 0 Å². The quantitative estimate of drug-likeness (QED) is 0.651.